The number of nitrogens with zero attached hydrogens (tertiary/aromatic N) is 2. The zero-order chi connectivity index (χ0) is 19.3. The Bertz CT molecular complexity index is 1060. The molecule has 0 fully saturated rings. The van der Waals surface area contributed by atoms with Crippen molar-refractivity contribution < 1.29 is 14.4 Å². The summed E-state index contributed by atoms with van der Waals surface area (Å²) in [5, 5.41) is 1.99. The van der Waals surface area contributed by atoms with Crippen LogP contribution in [0.5, 0.6) is 0 Å². The van der Waals surface area contributed by atoms with Crippen LogP contribution >= 0.6 is 0 Å². The maximum absolute atomic E-state index is 12.9. The molecular formula is C21H19N3O3. The molecule has 1 N–H and O–H groups in total. The first kappa shape index (κ1) is 17.0. The summed E-state index contributed by atoms with van der Waals surface area (Å²) in [5.74, 6) is -0.901. The first-order valence-electron chi connectivity index (χ1n) is 8.71. The molecule has 0 saturated heterocycles. The Labute approximate surface area is 156 Å². The summed E-state index contributed by atoms with van der Waals surface area (Å²) < 4.78 is 1.55. The quantitative estimate of drug-likeness (QED) is 0.723. The van der Waals surface area contributed by atoms with Crippen molar-refractivity contribution in [1.29, 1.82) is 0 Å². The van der Waals surface area contributed by atoms with Crippen LogP contribution in [0.15, 0.2) is 48.5 Å². The molecule has 1 aliphatic heterocycles. The van der Waals surface area contributed by atoms with Crippen molar-refractivity contribution in [2.45, 2.75) is 26.8 Å². The van der Waals surface area contributed by atoms with Crippen LogP contribution in [0.2, 0.25) is 0 Å². The normalized spacial score (nSPS) is 16.2. The SMILES string of the molecule is CC(=O)N1NC(=O)c2c(n(C(C)=O)c3ccccc23)C1c1ccc(C)cc1. The van der Waals surface area contributed by atoms with Gasteiger partial charge in [-0.3, -0.25) is 24.4 Å². The minimum absolute atomic E-state index is 0.206. The van der Waals surface area contributed by atoms with Crippen LogP contribution in [0.3, 0.4) is 0 Å². The summed E-state index contributed by atoms with van der Waals surface area (Å²) in [5.41, 5.74) is 6.22. The van der Waals surface area contributed by atoms with E-state index in [2.05, 4.69) is 5.43 Å². The minimum atomic E-state index is -0.591. The first-order valence-corrected chi connectivity index (χ1v) is 8.71. The lowest BCUT2D eigenvalue weighted by molar-refractivity contribution is -0.133. The van der Waals surface area contributed by atoms with E-state index < -0.39 is 6.04 Å². The van der Waals surface area contributed by atoms with Gasteiger partial charge >= 0.3 is 0 Å². The second-order valence-electron chi connectivity index (χ2n) is 6.77. The van der Waals surface area contributed by atoms with Gasteiger partial charge in [-0.15, -0.1) is 0 Å². The lowest BCUT2D eigenvalue weighted by Gasteiger charge is -2.36. The average molecular weight is 361 g/mol. The molecule has 27 heavy (non-hydrogen) atoms. The van der Waals surface area contributed by atoms with Gasteiger partial charge in [0.15, 0.2) is 0 Å². The third-order valence-corrected chi connectivity index (χ3v) is 4.92. The molecule has 4 rings (SSSR count). The Morgan fingerprint density at radius 2 is 1.63 bits per heavy atom. The van der Waals surface area contributed by atoms with E-state index in [-0.39, 0.29) is 17.7 Å². The lowest BCUT2D eigenvalue weighted by Crippen LogP contribution is -2.52. The monoisotopic (exact) mass is 361 g/mol. The number of benzene rings is 2. The molecule has 136 valence electrons. The fourth-order valence-electron chi connectivity index (χ4n) is 3.76. The van der Waals surface area contributed by atoms with Gasteiger partial charge in [0.1, 0.15) is 6.04 Å². The van der Waals surface area contributed by atoms with Gasteiger partial charge in [0.05, 0.1) is 16.8 Å². The van der Waals surface area contributed by atoms with Crippen molar-refractivity contribution in [2.24, 2.45) is 0 Å². The number of aryl methyl sites for hydroxylation is 1. The van der Waals surface area contributed by atoms with Gasteiger partial charge in [-0.25, -0.2) is 5.01 Å². The summed E-state index contributed by atoms with van der Waals surface area (Å²) in [7, 11) is 0. The molecule has 6 nitrogen and oxygen atoms in total. The number of carbonyl (C=O) groups excluding carboxylic acids is 3. The van der Waals surface area contributed by atoms with E-state index in [1.807, 2.05) is 55.5 Å². The smallest absolute Gasteiger partial charge is 0.272 e. The largest absolute Gasteiger partial charge is 0.281 e. The second-order valence-corrected chi connectivity index (χ2v) is 6.77. The Morgan fingerprint density at radius 1 is 0.963 bits per heavy atom. The number of fused-ring (bicyclic) bond motifs is 3. The van der Waals surface area contributed by atoms with Crippen LogP contribution in [-0.2, 0) is 4.79 Å². The highest BCUT2D eigenvalue weighted by Crippen LogP contribution is 2.39. The van der Waals surface area contributed by atoms with Crippen LogP contribution in [0.25, 0.3) is 10.9 Å². The topological polar surface area (TPSA) is 71.4 Å². The molecule has 0 saturated carbocycles. The Morgan fingerprint density at radius 3 is 2.26 bits per heavy atom. The third kappa shape index (κ3) is 2.52. The molecule has 0 aliphatic carbocycles. The van der Waals surface area contributed by atoms with Crippen molar-refractivity contribution in [3.8, 4) is 0 Å². The molecule has 0 spiro atoms. The second kappa shape index (κ2) is 6.09. The molecule has 2 heterocycles. The summed E-state index contributed by atoms with van der Waals surface area (Å²) in [4.78, 5) is 37.7. The molecule has 3 aromatic rings. The summed E-state index contributed by atoms with van der Waals surface area (Å²) >= 11 is 0. The van der Waals surface area contributed by atoms with Crippen LogP contribution in [0, 0.1) is 6.92 Å². The number of para-hydroxylation sites is 1. The fraction of sp³-hybridized carbons (Fsp3) is 0.190. The highest BCUT2D eigenvalue weighted by molar-refractivity contribution is 6.12. The molecule has 2 aromatic carbocycles. The zero-order valence-electron chi connectivity index (χ0n) is 15.3. The zero-order valence-corrected chi connectivity index (χ0v) is 15.3. The van der Waals surface area contributed by atoms with E-state index in [0.717, 1.165) is 11.1 Å². The van der Waals surface area contributed by atoms with Gasteiger partial charge in [0, 0.05) is 19.2 Å². The van der Waals surface area contributed by atoms with E-state index >= 15 is 0 Å². The molecule has 0 radical (unpaired) electrons. The molecule has 2 amide bonds. The predicted octanol–water partition coefficient (Wildman–Crippen LogP) is 3.21. The summed E-state index contributed by atoms with van der Waals surface area (Å²) in [6, 6.07) is 14.4. The summed E-state index contributed by atoms with van der Waals surface area (Å²) in [6.07, 6.45) is 0. The van der Waals surface area contributed by atoms with E-state index in [1.54, 1.807) is 4.57 Å². The predicted molar refractivity (Wildman–Crippen MR) is 101 cm³/mol. The number of hydrogen-bond acceptors (Lipinski definition) is 3. The fourth-order valence-corrected chi connectivity index (χ4v) is 3.76. The van der Waals surface area contributed by atoms with E-state index in [9.17, 15) is 14.4 Å². The van der Waals surface area contributed by atoms with Crippen molar-refractivity contribution in [1.82, 2.24) is 15.0 Å². The molecule has 1 atom stereocenters. The van der Waals surface area contributed by atoms with Crippen LogP contribution < -0.4 is 5.43 Å². The molecule has 1 aromatic heterocycles. The first-order chi connectivity index (χ1) is 12.9. The number of aromatic nitrogens is 1. The van der Waals surface area contributed by atoms with Gasteiger partial charge in [-0.05, 0) is 18.6 Å². The Kier molecular flexibility index (Phi) is 3.84. The minimum Gasteiger partial charge on any atom is -0.281 e. The van der Waals surface area contributed by atoms with E-state index in [1.165, 1.54) is 18.9 Å². The number of rotatable bonds is 1. The van der Waals surface area contributed by atoms with Gasteiger partial charge in [-0.1, -0.05) is 48.0 Å². The standard InChI is InChI=1S/C21H19N3O3/c1-12-8-10-15(11-9-12)19-20-18(21(27)22-24(19)14(3)26)16-6-4-5-7-17(16)23(20)13(2)25/h4-11,19H,1-3H3,(H,22,27). The van der Waals surface area contributed by atoms with Gasteiger partial charge in [-0.2, -0.15) is 0 Å². The third-order valence-electron chi connectivity index (χ3n) is 4.92. The molecule has 1 unspecified atom stereocenters. The summed E-state index contributed by atoms with van der Waals surface area (Å²) in [6.45, 7) is 4.84. The van der Waals surface area contributed by atoms with Crippen molar-refractivity contribution in [2.75, 3.05) is 0 Å². The van der Waals surface area contributed by atoms with Crippen molar-refractivity contribution >= 4 is 28.6 Å². The molecule has 0 bridgehead atoms. The van der Waals surface area contributed by atoms with Crippen LogP contribution in [-0.4, -0.2) is 27.3 Å². The highest BCUT2D eigenvalue weighted by Gasteiger charge is 2.40. The number of hydrogen-bond donors (Lipinski definition) is 1. The number of amides is 2. The number of carbonyl (C=O) groups is 3. The van der Waals surface area contributed by atoms with Gasteiger partial charge < -0.3 is 0 Å². The highest BCUT2D eigenvalue weighted by atomic mass is 16.2. The van der Waals surface area contributed by atoms with Crippen molar-refractivity contribution in [3.63, 3.8) is 0 Å². The van der Waals surface area contributed by atoms with Gasteiger partial charge in [0.2, 0.25) is 11.8 Å². The maximum atomic E-state index is 12.9. The molecular weight excluding hydrogens is 342 g/mol. The maximum Gasteiger partial charge on any atom is 0.272 e. The van der Waals surface area contributed by atoms with Gasteiger partial charge in [0.25, 0.3) is 5.91 Å². The van der Waals surface area contributed by atoms with E-state index in [0.29, 0.717) is 22.2 Å². The Hall–Kier alpha value is -3.41. The molecule has 1 aliphatic rings. The molecule has 6 heteroatoms. The van der Waals surface area contributed by atoms with E-state index in [4.69, 9.17) is 0 Å². The number of nitrogens with one attached hydrogen (secondary N) is 1. The van der Waals surface area contributed by atoms with Crippen LogP contribution in [0.4, 0.5) is 0 Å². The average Bonchev–Trinajstić information content (AvgIpc) is 2.98. The van der Waals surface area contributed by atoms with Crippen molar-refractivity contribution in [3.05, 3.63) is 70.9 Å². The lowest BCUT2D eigenvalue weighted by atomic mass is 9.95. The number of hydrazine groups is 1. The Balaban J connectivity index is 2.10. The van der Waals surface area contributed by atoms with Crippen LogP contribution in [0.1, 0.15) is 51.9 Å².